The number of ether oxygens (including phenoxy) is 1. The smallest absolute Gasteiger partial charge is 0.328 e. The van der Waals surface area contributed by atoms with E-state index in [2.05, 4.69) is 15.6 Å². The van der Waals surface area contributed by atoms with Crippen LogP contribution in [-0.2, 0) is 9.53 Å². The molecule has 0 fully saturated rings. The molecule has 2 rings (SSSR count). The van der Waals surface area contributed by atoms with Gasteiger partial charge in [-0.2, -0.15) is 0 Å². The molecule has 0 amide bonds. The minimum absolute atomic E-state index is 0.0778. The molecule has 1 aromatic heterocycles. The Bertz CT molecular complexity index is 732. The summed E-state index contributed by atoms with van der Waals surface area (Å²) in [6.45, 7) is 8.27. The third-order valence-corrected chi connectivity index (χ3v) is 4.58. The summed E-state index contributed by atoms with van der Waals surface area (Å²) in [5.74, 6) is 0.0817. The maximum atomic E-state index is 11.8. The summed E-state index contributed by atoms with van der Waals surface area (Å²) < 4.78 is 6.39. The van der Waals surface area contributed by atoms with Crippen molar-refractivity contribution in [2.24, 2.45) is 4.99 Å². The monoisotopic (exact) mass is 377 g/mol. The zero-order valence-electron chi connectivity index (χ0n) is 15.7. The lowest BCUT2D eigenvalue weighted by molar-refractivity contribution is -0.152. The second-order valence-corrected chi connectivity index (χ2v) is 7.98. The van der Waals surface area contributed by atoms with Gasteiger partial charge in [0.25, 0.3) is 0 Å². The largest absolute Gasteiger partial charge is 0.459 e. The van der Waals surface area contributed by atoms with Crippen LogP contribution in [0.1, 0.15) is 38.7 Å². The summed E-state index contributed by atoms with van der Waals surface area (Å²) in [5.41, 5.74) is -0.532. The van der Waals surface area contributed by atoms with Crippen molar-refractivity contribution in [1.82, 2.24) is 10.6 Å². The van der Waals surface area contributed by atoms with E-state index in [1.807, 2.05) is 58.0 Å². The Hall–Kier alpha value is -2.12. The molecule has 2 aromatic rings. The van der Waals surface area contributed by atoms with Crippen LogP contribution in [0, 0.1) is 0 Å². The van der Waals surface area contributed by atoms with Crippen molar-refractivity contribution in [1.29, 1.82) is 0 Å². The number of hydrogen-bond donors (Lipinski definition) is 3. The first-order valence-corrected chi connectivity index (χ1v) is 9.50. The summed E-state index contributed by atoms with van der Waals surface area (Å²) in [4.78, 5) is 16.9. The van der Waals surface area contributed by atoms with Crippen molar-refractivity contribution in [3.8, 4) is 0 Å². The van der Waals surface area contributed by atoms with E-state index in [0.29, 0.717) is 19.0 Å². The fraction of sp³-hybridized carbons (Fsp3) is 0.474. The molecule has 1 unspecified atom stereocenters. The Morgan fingerprint density at radius 1 is 1.31 bits per heavy atom. The summed E-state index contributed by atoms with van der Waals surface area (Å²) in [6, 6.07) is 10.0. The summed E-state index contributed by atoms with van der Waals surface area (Å²) in [5, 5.41) is 17.7. The number of rotatable bonds is 6. The van der Waals surface area contributed by atoms with Gasteiger partial charge in [0.15, 0.2) is 5.96 Å². The number of carbonyl (C=O) groups is 1. The first-order chi connectivity index (χ1) is 12.3. The minimum Gasteiger partial charge on any atom is -0.459 e. The van der Waals surface area contributed by atoms with Gasteiger partial charge in [-0.25, -0.2) is 4.99 Å². The topological polar surface area (TPSA) is 83.0 Å². The van der Waals surface area contributed by atoms with Gasteiger partial charge in [0.1, 0.15) is 18.2 Å². The maximum Gasteiger partial charge on any atom is 0.328 e. The normalized spacial score (nSPS) is 13.5. The quantitative estimate of drug-likeness (QED) is 0.410. The van der Waals surface area contributed by atoms with E-state index in [9.17, 15) is 9.90 Å². The van der Waals surface area contributed by atoms with Gasteiger partial charge in [-0.15, -0.1) is 11.3 Å². The SMILES string of the molecule is CCNC(=NCC(=O)OC(C)(C)C)NCC(O)c1cc2ccccc2s1. The van der Waals surface area contributed by atoms with Crippen LogP contribution in [0.25, 0.3) is 10.1 Å². The molecule has 142 valence electrons. The fourth-order valence-corrected chi connectivity index (χ4v) is 3.37. The maximum absolute atomic E-state index is 11.8. The number of guanidine groups is 1. The van der Waals surface area contributed by atoms with E-state index in [-0.39, 0.29) is 12.5 Å². The predicted molar refractivity (Wildman–Crippen MR) is 107 cm³/mol. The highest BCUT2D eigenvalue weighted by molar-refractivity contribution is 7.19. The lowest BCUT2D eigenvalue weighted by Gasteiger charge is -2.19. The van der Waals surface area contributed by atoms with Gasteiger partial charge in [0.05, 0.1) is 0 Å². The van der Waals surface area contributed by atoms with Crippen molar-refractivity contribution >= 4 is 33.4 Å². The number of aliphatic hydroxyl groups is 1. The molecule has 0 radical (unpaired) electrons. The molecule has 0 saturated heterocycles. The van der Waals surface area contributed by atoms with Gasteiger partial charge in [-0.05, 0) is 45.2 Å². The second-order valence-electron chi connectivity index (χ2n) is 6.86. The van der Waals surface area contributed by atoms with Crippen LogP contribution in [0.5, 0.6) is 0 Å². The lowest BCUT2D eigenvalue weighted by Crippen LogP contribution is -2.40. The lowest BCUT2D eigenvalue weighted by atomic mass is 10.2. The molecule has 26 heavy (non-hydrogen) atoms. The van der Waals surface area contributed by atoms with Gasteiger partial charge in [0, 0.05) is 22.7 Å². The number of aliphatic imine (C=N–C) groups is 1. The number of fused-ring (bicyclic) bond motifs is 1. The Morgan fingerprint density at radius 2 is 2.04 bits per heavy atom. The van der Waals surface area contributed by atoms with Gasteiger partial charge in [-0.3, -0.25) is 4.79 Å². The molecule has 0 saturated carbocycles. The highest BCUT2D eigenvalue weighted by atomic mass is 32.1. The van der Waals surface area contributed by atoms with E-state index >= 15 is 0 Å². The standard InChI is InChI=1S/C19H27N3O3S/c1-5-20-18(22-12-17(24)25-19(2,3)4)21-11-14(23)16-10-13-8-6-7-9-15(13)26-16/h6-10,14,23H,5,11-12H2,1-4H3,(H2,20,21,22). The first-order valence-electron chi connectivity index (χ1n) is 8.69. The Labute approximate surface area is 158 Å². The highest BCUT2D eigenvalue weighted by Crippen LogP contribution is 2.29. The zero-order valence-corrected chi connectivity index (χ0v) is 16.5. The number of benzene rings is 1. The summed E-state index contributed by atoms with van der Waals surface area (Å²) in [6.07, 6.45) is -0.655. The third kappa shape index (κ3) is 6.31. The van der Waals surface area contributed by atoms with Crippen LogP contribution >= 0.6 is 11.3 Å². The van der Waals surface area contributed by atoms with Crippen molar-refractivity contribution < 1.29 is 14.6 Å². The molecule has 1 atom stereocenters. The Kier molecular flexibility index (Phi) is 6.99. The predicted octanol–water partition coefficient (Wildman–Crippen LogP) is 2.83. The van der Waals surface area contributed by atoms with Crippen molar-refractivity contribution in [3.05, 3.63) is 35.2 Å². The zero-order chi connectivity index (χ0) is 19.2. The van der Waals surface area contributed by atoms with Crippen LogP contribution < -0.4 is 10.6 Å². The first kappa shape index (κ1) is 20.2. The van der Waals surface area contributed by atoms with E-state index in [0.717, 1.165) is 15.0 Å². The number of nitrogens with one attached hydrogen (secondary N) is 2. The van der Waals surface area contributed by atoms with E-state index < -0.39 is 11.7 Å². The molecule has 0 spiro atoms. The van der Waals surface area contributed by atoms with E-state index in [4.69, 9.17) is 4.74 Å². The molecular weight excluding hydrogens is 350 g/mol. The molecule has 0 aliphatic carbocycles. The van der Waals surface area contributed by atoms with Gasteiger partial charge in [-0.1, -0.05) is 18.2 Å². The van der Waals surface area contributed by atoms with Crippen LogP contribution in [0.4, 0.5) is 0 Å². The van der Waals surface area contributed by atoms with Crippen LogP contribution in [0.3, 0.4) is 0 Å². The van der Waals surface area contributed by atoms with Crippen molar-refractivity contribution in [2.75, 3.05) is 19.6 Å². The van der Waals surface area contributed by atoms with E-state index in [1.165, 1.54) is 0 Å². The molecule has 6 nitrogen and oxygen atoms in total. The average Bonchev–Trinajstić information content (AvgIpc) is 2.99. The molecule has 0 aliphatic heterocycles. The Morgan fingerprint density at radius 3 is 2.69 bits per heavy atom. The molecule has 1 heterocycles. The van der Waals surface area contributed by atoms with Crippen molar-refractivity contribution in [2.45, 2.75) is 39.4 Å². The van der Waals surface area contributed by atoms with Crippen LogP contribution in [0.2, 0.25) is 0 Å². The fourth-order valence-electron chi connectivity index (χ4n) is 2.32. The number of hydrogen-bond acceptors (Lipinski definition) is 5. The van der Waals surface area contributed by atoms with Gasteiger partial charge < -0.3 is 20.5 Å². The van der Waals surface area contributed by atoms with Crippen molar-refractivity contribution in [3.63, 3.8) is 0 Å². The van der Waals surface area contributed by atoms with E-state index in [1.54, 1.807) is 11.3 Å². The molecule has 3 N–H and O–H groups in total. The summed E-state index contributed by atoms with van der Waals surface area (Å²) in [7, 11) is 0. The number of thiophene rings is 1. The van der Waals surface area contributed by atoms with Crippen LogP contribution in [-0.4, -0.2) is 42.3 Å². The second kappa shape index (κ2) is 9.00. The van der Waals surface area contributed by atoms with Gasteiger partial charge in [0.2, 0.25) is 0 Å². The third-order valence-electron chi connectivity index (χ3n) is 3.37. The molecule has 1 aromatic carbocycles. The molecule has 7 heteroatoms. The average molecular weight is 378 g/mol. The minimum atomic E-state index is -0.655. The number of nitrogens with zero attached hydrogens (tertiary/aromatic N) is 1. The summed E-state index contributed by atoms with van der Waals surface area (Å²) >= 11 is 1.57. The van der Waals surface area contributed by atoms with Crippen LogP contribution in [0.15, 0.2) is 35.3 Å². The highest BCUT2D eigenvalue weighted by Gasteiger charge is 2.16. The Balaban J connectivity index is 1.94. The number of carbonyl (C=O) groups excluding carboxylic acids is 1. The molecular formula is C19H27N3O3S. The number of aliphatic hydroxyl groups excluding tert-OH is 1. The molecule has 0 aliphatic rings. The molecule has 0 bridgehead atoms. The van der Waals surface area contributed by atoms with Gasteiger partial charge >= 0.3 is 5.97 Å². The number of esters is 1.